The van der Waals surface area contributed by atoms with E-state index in [4.69, 9.17) is 37.8 Å². The van der Waals surface area contributed by atoms with Crippen LogP contribution in [0.3, 0.4) is 0 Å². The second-order valence-corrected chi connectivity index (χ2v) is 3.98. The Balaban J connectivity index is 4.00. The summed E-state index contributed by atoms with van der Waals surface area (Å²) in [4.78, 5) is -0.821. The summed E-state index contributed by atoms with van der Waals surface area (Å²) >= 11 is 11.0. The van der Waals surface area contributed by atoms with Crippen molar-refractivity contribution < 1.29 is 19.7 Å². The van der Waals surface area contributed by atoms with E-state index in [-0.39, 0.29) is 12.4 Å². The smallest absolute Gasteiger partial charge is 0.163 e. The first-order valence-electron chi connectivity index (χ1n) is 4.53. The molecule has 0 rings (SSSR count). The largest absolute Gasteiger partial charge is 0.493 e. The molecule has 0 saturated carbocycles. The molecule has 0 aliphatic rings. The number of aliphatic hydroxyl groups is 2. The molecule has 2 atom stereocenters. The first-order chi connectivity index (χ1) is 7.02. The van der Waals surface area contributed by atoms with Crippen LogP contribution >= 0.6 is 23.2 Å². The van der Waals surface area contributed by atoms with Gasteiger partial charge in [0.25, 0.3) is 0 Å². The Kier molecular flexibility index (Phi) is 8.19. The van der Waals surface area contributed by atoms with Crippen LogP contribution < -0.4 is 0 Å². The van der Waals surface area contributed by atoms with Crippen LogP contribution in [0.25, 0.3) is 0 Å². The highest BCUT2D eigenvalue weighted by Gasteiger charge is 2.20. The molecule has 0 fully saturated rings. The number of halogens is 2. The lowest BCUT2D eigenvalue weighted by Crippen LogP contribution is -2.33. The zero-order valence-electron chi connectivity index (χ0n) is 8.53. The highest BCUT2D eigenvalue weighted by atomic mass is 35.5. The minimum atomic E-state index is -0.821. The normalized spacial score (nSPS) is 15.1. The van der Waals surface area contributed by atoms with E-state index in [1.165, 1.54) is 0 Å². The summed E-state index contributed by atoms with van der Waals surface area (Å²) < 4.78 is 9.96. The third-order valence-corrected chi connectivity index (χ3v) is 2.30. The van der Waals surface area contributed by atoms with E-state index in [1.54, 1.807) is 6.92 Å². The van der Waals surface area contributed by atoms with Crippen molar-refractivity contribution in [2.45, 2.75) is 30.4 Å². The van der Waals surface area contributed by atoms with Crippen LogP contribution in [0.5, 0.6) is 0 Å². The average molecular weight is 259 g/mol. The molecular formula is C9H16Cl2O4. The van der Waals surface area contributed by atoms with Gasteiger partial charge in [-0.3, -0.25) is 0 Å². The molecule has 0 radical (unpaired) electrons. The lowest BCUT2D eigenvalue weighted by molar-refractivity contribution is -0.119. The number of rotatable bonds is 8. The number of allylic oxidation sites excluding steroid dienone is 1. The van der Waals surface area contributed by atoms with Crippen molar-refractivity contribution in [1.82, 2.24) is 0 Å². The topological polar surface area (TPSA) is 58.9 Å². The lowest BCUT2D eigenvalue weighted by Gasteiger charge is -2.22. The van der Waals surface area contributed by atoms with Crippen LogP contribution in [0.15, 0.2) is 12.3 Å². The summed E-state index contributed by atoms with van der Waals surface area (Å²) in [5.74, 6) is 0.188. The van der Waals surface area contributed by atoms with Crippen molar-refractivity contribution in [3.8, 4) is 0 Å². The van der Waals surface area contributed by atoms with Gasteiger partial charge < -0.3 is 19.7 Å². The molecule has 0 amide bonds. The number of hydrogen-bond donors (Lipinski definition) is 2. The van der Waals surface area contributed by atoms with Crippen LogP contribution in [0.1, 0.15) is 13.3 Å². The molecule has 1 unspecified atom stereocenters. The quantitative estimate of drug-likeness (QED) is 0.393. The molecule has 4 nitrogen and oxygen atoms in total. The Morgan fingerprint density at radius 3 is 2.47 bits per heavy atom. The van der Waals surface area contributed by atoms with Crippen LogP contribution in [0.2, 0.25) is 0 Å². The fraction of sp³-hybridized carbons (Fsp3) is 0.778. The van der Waals surface area contributed by atoms with Crippen molar-refractivity contribution in [2.75, 3.05) is 13.4 Å². The summed E-state index contributed by atoms with van der Waals surface area (Å²) in [6.07, 6.45) is -0.844. The summed E-state index contributed by atoms with van der Waals surface area (Å²) in [5.41, 5.74) is 0. The summed E-state index contributed by atoms with van der Waals surface area (Å²) in [7, 11) is 0. The monoisotopic (exact) mass is 258 g/mol. The van der Waals surface area contributed by atoms with Gasteiger partial charge in [-0.15, -0.1) is 0 Å². The minimum absolute atomic E-state index is 0.0460. The van der Waals surface area contributed by atoms with Gasteiger partial charge >= 0.3 is 0 Å². The first-order valence-corrected chi connectivity index (χ1v) is 5.40. The highest BCUT2D eigenvalue weighted by molar-refractivity contribution is 6.45. The average Bonchev–Trinajstić information content (AvgIpc) is 2.22. The maximum absolute atomic E-state index is 9.49. The number of aliphatic hydroxyl groups excluding tert-OH is 2. The van der Waals surface area contributed by atoms with E-state index in [0.29, 0.717) is 6.42 Å². The van der Waals surface area contributed by atoms with E-state index in [9.17, 15) is 5.11 Å². The molecular weight excluding hydrogens is 243 g/mol. The van der Waals surface area contributed by atoms with Crippen LogP contribution in [0, 0.1) is 0 Å². The SMILES string of the molecule is C=C(OCC(OCO)[C@@H](O)CC)C(Cl)Cl. The van der Waals surface area contributed by atoms with Crippen molar-refractivity contribution in [3.05, 3.63) is 12.3 Å². The van der Waals surface area contributed by atoms with Crippen LogP contribution in [-0.4, -0.2) is 40.7 Å². The first kappa shape index (κ1) is 15.0. The Hall–Kier alpha value is -0.000000000000000111. The van der Waals surface area contributed by atoms with Gasteiger partial charge in [0.15, 0.2) is 4.84 Å². The maximum Gasteiger partial charge on any atom is 0.163 e. The fourth-order valence-corrected chi connectivity index (χ4v) is 1.01. The zero-order chi connectivity index (χ0) is 11.8. The Morgan fingerprint density at radius 1 is 1.47 bits per heavy atom. The van der Waals surface area contributed by atoms with Gasteiger partial charge in [0.2, 0.25) is 0 Å². The molecule has 0 bridgehead atoms. The van der Waals surface area contributed by atoms with Crippen LogP contribution in [-0.2, 0) is 9.47 Å². The number of ether oxygens (including phenoxy) is 2. The second-order valence-electron chi connectivity index (χ2n) is 2.89. The molecule has 0 aliphatic carbocycles. The summed E-state index contributed by atoms with van der Waals surface area (Å²) in [5, 5.41) is 18.1. The van der Waals surface area contributed by atoms with Gasteiger partial charge in [-0.2, -0.15) is 0 Å². The van der Waals surface area contributed by atoms with Crippen molar-refractivity contribution in [3.63, 3.8) is 0 Å². The molecule has 90 valence electrons. The molecule has 0 spiro atoms. The minimum Gasteiger partial charge on any atom is -0.493 e. The van der Waals surface area contributed by atoms with Gasteiger partial charge in [-0.05, 0) is 6.42 Å². The Bertz CT molecular complexity index is 187. The molecule has 6 heteroatoms. The summed E-state index contributed by atoms with van der Waals surface area (Å²) in [6, 6.07) is 0. The van der Waals surface area contributed by atoms with E-state index in [0.717, 1.165) is 0 Å². The second kappa shape index (κ2) is 8.19. The van der Waals surface area contributed by atoms with Gasteiger partial charge in [-0.25, -0.2) is 0 Å². The van der Waals surface area contributed by atoms with E-state index >= 15 is 0 Å². The summed E-state index contributed by atoms with van der Waals surface area (Å²) in [6.45, 7) is 4.84. The molecule has 0 aromatic carbocycles. The molecule has 15 heavy (non-hydrogen) atoms. The molecule has 0 aromatic rings. The molecule has 0 aliphatic heterocycles. The van der Waals surface area contributed by atoms with E-state index in [2.05, 4.69) is 6.58 Å². The third kappa shape index (κ3) is 6.22. The van der Waals surface area contributed by atoms with Crippen molar-refractivity contribution >= 4 is 23.2 Å². The maximum atomic E-state index is 9.49. The predicted molar refractivity (Wildman–Crippen MR) is 58.8 cm³/mol. The van der Waals surface area contributed by atoms with Gasteiger partial charge in [0.05, 0.1) is 6.10 Å². The molecule has 2 N–H and O–H groups in total. The molecule has 0 aromatic heterocycles. The fourth-order valence-electron chi connectivity index (χ4n) is 0.881. The van der Waals surface area contributed by atoms with E-state index < -0.39 is 23.8 Å². The van der Waals surface area contributed by atoms with Gasteiger partial charge in [0, 0.05) is 0 Å². The Labute approximate surface area is 99.4 Å². The van der Waals surface area contributed by atoms with Gasteiger partial charge in [-0.1, -0.05) is 36.7 Å². The van der Waals surface area contributed by atoms with E-state index in [1.807, 2.05) is 0 Å². The standard InChI is InChI=1S/C9H16Cl2O4/c1-3-7(13)8(15-5-12)4-14-6(2)9(10)11/h7-9,12-13H,2-5H2,1H3/t7-,8?/m0/s1. The lowest BCUT2D eigenvalue weighted by atomic mass is 10.2. The van der Waals surface area contributed by atoms with Crippen molar-refractivity contribution in [1.29, 1.82) is 0 Å². The van der Waals surface area contributed by atoms with Crippen LogP contribution in [0.4, 0.5) is 0 Å². The van der Waals surface area contributed by atoms with Gasteiger partial charge in [0.1, 0.15) is 25.3 Å². The Morgan fingerprint density at radius 2 is 2.07 bits per heavy atom. The third-order valence-electron chi connectivity index (χ3n) is 1.81. The number of alkyl halides is 2. The zero-order valence-corrected chi connectivity index (χ0v) is 10.0. The highest BCUT2D eigenvalue weighted by Crippen LogP contribution is 2.15. The molecule has 0 heterocycles. The number of hydrogen-bond acceptors (Lipinski definition) is 4. The van der Waals surface area contributed by atoms with Crippen molar-refractivity contribution in [2.24, 2.45) is 0 Å². The molecule has 0 saturated heterocycles. The predicted octanol–water partition coefficient (Wildman–Crippen LogP) is 1.43.